The molecule has 0 aromatic heterocycles. The number of hydrogen-bond acceptors (Lipinski definition) is 2. The zero-order valence-corrected chi connectivity index (χ0v) is 7.90. The van der Waals surface area contributed by atoms with E-state index in [0.29, 0.717) is 6.54 Å². The van der Waals surface area contributed by atoms with E-state index in [9.17, 15) is 8.78 Å². The van der Waals surface area contributed by atoms with Gasteiger partial charge in [-0.15, -0.1) is 0 Å². The van der Waals surface area contributed by atoms with Gasteiger partial charge in [0.25, 0.3) is 5.92 Å². The second-order valence-corrected chi connectivity index (χ2v) is 4.34. The van der Waals surface area contributed by atoms with Crippen molar-refractivity contribution in [2.75, 3.05) is 6.54 Å². The van der Waals surface area contributed by atoms with E-state index in [1.54, 1.807) is 13.8 Å². The van der Waals surface area contributed by atoms with Gasteiger partial charge >= 0.3 is 0 Å². The van der Waals surface area contributed by atoms with E-state index in [0.717, 1.165) is 0 Å². The molecule has 1 N–H and O–H groups in total. The van der Waals surface area contributed by atoms with Crippen LogP contribution in [0.1, 0.15) is 26.7 Å². The molecule has 74 valence electrons. The van der Waals surface area contributed by atoms with Gasteiger partial charge < -0.3 is 5.32 Å². The fourth-order valence-electron chi connectivity index (χ4n) is 1.24. The summed E-state index contributed by atoms with van der Waals surface area (Å²) >= 11 is 0. The first-order valence-corrected chi connectivity index (χ1v) is 4.37. The van der Waals surface area contributed by atoms with E-state index in [-0.39, 0.29) is 18.9 Å². The van der Waals surface area contributed by atoms with E-state index in [4.69, 9.17) is 5.26 Å². The fourth-order valence-corrected chi connectivity index (χ4v) is 1.24. The monoisotopic (exact) mass is 188 g/mol. The second-order valence-electron chi connectivity index (χ2n) is 4.34. The average molecular weight is 188 g/mol. The first-order chi connectivity index (χ1) is 5.85. The first-order valence-electron chi connectivity index (χ1n) is 4.37. The Morgan fingerprint density at radius 1 is 1.54 bits per heavy atom. The standard InChI is InChI=1S/C9H14F2N2/c1-8(2,5-12)6-13-7-3-9(10,11)4-7/h7,13H,3-4,6H2,1-2H3. The van der Waals surface area contributed by atoms with Gasteiger partial charge in [-0.1, -0.05) is 0 Å². The van der Waals surface area contributed by atoms with E-state index < -0.39 is 11.3 Å². The number of nitriles is 1. The minimum Gasteiger partial charge on any atom is -0.312 e. The van der Waals surface area contributed by atoms with Crippen LogP contribution in [0.3, 0.4) is 0 Å². The Morgan fingerprint density at radius 3 is 2.46 bits per heavy atom. The molecule has 4 heteroatoms. The highest BCUT2D eigenvalue weighted by molar-refractivity contribution is 4.97. The molecular formula is C9H14F2N2. The maximum Gasteiger partial charge on any atom is 0.251 e. The Balaban J connectivity index is 2.20. The van der Waals surface area contributed by atoms with Crippen LogP contribution in [0.2, 0.25) is 0 Å². The van der Waals surface area contributed by atoms with E-state index in [1.165, 1.54) is 0 Å². The lowest BCUT2D eigenvalue weighted by Gasteiger charge is -2.36. The summed E-state index contributed by atoms with van der Waals surface area (Å²) < 4.78 is 24.8. The van der Waals surface area contributed by atoms with Crippen molar-refractivity contribution >= 4 is 0 Å². The average Bonchev–Trinajstić information content (AvgIpc) is 1.97. The number of nitrogens with one attached hydrogen (secondary N) is 1. The van der Waals surface area contributed by atoms with Crippen molar-refractivity contribution < 1.29 is 8.78 Å². The molecule has 1 aliphatic rings. The van der Waals surface area contributed by atoms with Crippen LogP contribution in [-0.4, -0.2) is 18.5 Å². The van der Waals surface area contributed by atoms with Crippen LogP contribution in [0.4, 0.5) is 8.78 Å². The molecule has 0 aromatic rings. The Bertz CT molecular complexity index is 222. The molecule has 0 bridgehead atoms. The highest BCUT2D eigenvalue weighted by atomic mass is 19.3. The first kappa shape index (κ1) is 10.4. The van der Waals surface area contributed by atoms with Crippen LogP contribution in [0.15, 0.2) is 0 Å². The van der Waals surface area contributed by atoms with E-state index in [1.807, 2.05) is 0 Å². The zero-order valence-electron chi connectivity index (χ0n) is 7.90. The quantitative estimate of drug-likeness (QED) is 0.734. The van der Waals surface area contributed by atoms with Crippen molar-refractivity contribution in [3.8, 4) is 6.07 Å². The predicted molar refractivity (Wildman–Crippen MR) is 45.4 cm³/mol. The molecule has 0 aromatic carbocycles. The maximum absolute atomic E-state index is 12.4. The third-order valence-corrected chi connectivity index (χ3v) is 2.23. The molecule has 13 heavy (non-hydrogen) atoms. The van der Waals surface area contributed by atoms with Crippen LogP contribution in [-0.2, 0) is 0 Å². The lowest BCUT2D eigenvalue weighted by atomic mass is 9.86. The third kappa shape index (κ3) is 2.92. The van der Waals surface area contributed by atoms with Gasteiger partial charge in [-0.05, 0) is 13.8 Å². The van der Waals surface area contributed by atoms with Crippen molar-refractivity contribution in [2.45, 2.75) is 38.7 Å². The number of rotatable bonds is 3. The molecule has 0 spiro atoms. The lowest BCUT2D eigenvalue weighted by molar-refractivity contribution is -0.0934. The molecule has 2 nitrogen and oxygen atoms in total. The van der Waals surface area contributed by atoms with Crippen molar-refractivity contribution in [1.82, 2.24) is 5.32 Å². The minimum atomic E-state index is -2.48. The molecule has 0 unspecified atom stereocenters. The van der Waals surface area contributed by atoms with Crippen molar-refractivity contribution in [3.05, 3.63) is 0 Å². The largest absolute Gasteiger partial charge is 0.312 e. The molecule has 0 heterocycles. The number of alkyl halides is 2. The molecule has 0 radical (unpaired) electrons. The number of nitrogens with zero attached hydrogens (tertiary/aromatic N) is 1. The molecule has 1 fully saturated rings. The summed E-state index contributed by atoms with van der Waals surface area (Å²) in [5, 5.41) is 11.6. The molecule has 0 saturated heterocycles. The topological polar surface area (TPSA) is 35.8 Å². The van der Waals surface area contributed by atoms with Crippen LogP contribution in [0.5, 0.6) is 0 Å². The molecular weight excluding hydrogens is 174 g/mol. The summed E-state index contributed by atoms with van der Waals surface area (Å²) in [6.07, 6.45) is -0.178. The normalized spacial score (nSPS) is 22.1. The molecule has 0 amide bonds. The number of hydrogen-bond donors (Lipinski definition) is 1. The van der Waals surface area contributed by atoms with E-state index in [2.05, 4.69) is 11.4 Å². The van der Waals surface area contributed by atoms with Gasteiger partial charge in [-0.3, -0.25) is 0 Å². The molecule has 0 aliphatic heterocycles. The zero-order chi connectivity index (χ0) is 10.1. The Hall–Kier alpha value is -0.690. The minimum absolute atomic E-state index is 0.0888. The van der Waals surface area contributed by atoms with Gasteiger partial charge in [-0.25, -0.2) is 8.78 Å². The summed E-state index contributed by atoms with van der Waals surface area (Å²) in [5.41, 5.74) is -0.467. The van der Waals surface area contributed by atoms with Gasteiger partial charge in [-0.2, -0.15) is 5.26 Å². The second kappa shape index (κ2) is 3.22. The summed E-state index contributed by atoms with van der Waals surface area (Å²) in [6.45, 7) is 4.05. The molecule has 1 saturated carbocycles. The highest BCUT2D eigenvalue weighted by Crippen LogP contribution is 2.37. The molecule has 1 aliphatic carbocycles. The Labute approximate surface area is 76.9 Å². The summed E-state index contributed by atoms with van der Waals surface area (Å²) in [5.74, 6) is -2.48. The summed E-state index contributed by atoms with van der Waals surface area (Å²) in [6, 6.07) is 2.01. The number of halogens is 2. The van der Waals surface area contributed by atoms with Gasteiger partial charge in [0.1, 0.15) is 0 Å². The van der Waals surface area contributed by atoms with Gasteiger partial charge in [0, 0.05) is 25.4 Å². The van der Waals surface area contributed by atoms with Crippen LogP contribution in [0.25, 0.3) is 0 Å². The van der Waals surface area contributed by atoms with Crippen LogP contribution in [0, 0.1) is 16.7 Å². The lowest BCUT2D eigenvalue weighted by Crippen LogP contribution is -2.50. The Morgan fingerprint density at radius 2 is 2.08 bits per heavy atom. The van der Waals surface area contributed by atoms with Crippen molar-refractivity contribution in [2.24, 2.45) is 5.41 Å². The van der Waals surface area contributed by atoms with Crippen LogP contribution >= 0.6 is 0 Å². The Kier molecular flexibility index (Phi) is 2.58. The highest BCUT2D eigenvalue weighted by Gasteiger charge is 2.45. The van der Waals surface area contributed by atoms with Crippen molar-refractivity contribution in [3.63, 3.8) is 0 Å². The fraction of sp³-hybridized carbons (Fsp3) is 0.889. The van der Waals surface area contributed by atoms with Crippen LogP contribution < -0.4 is 5.32 Å². The van der Waals surface area contributed by atoms with Gasteiger partial charge in [0.15, 0.2) is 0 Å². The maximum atomic E-state index is 12.4. The van der Waals surface area contributed by atoms with Gasteiger partial charge in [0.2, 0.25) is 0 Å². The molecule has 1 rings (SSSR count). The summed E-state index contributed by atoms with van der Waals surface area (Å²) in [4.78, 5) is 0. The van der Waals surface area contributed by atoms with E-state index >= 15 is 0 Å². The molecule has 0 atom stereocenters. The SMILES string of the molecule is CC(C)(C#N)CNC1CC(F)(F)C1. The van der Waals surface area contributed by atoms with Gasteiger partial charge in [0.05, 0.1) is 11.5 Å². The smallest absolute Gasteiger partial charge is 0.251 e. The predicted octanol–water partition coefficient (Wildman–Crippen LogP) is 1.92. The van der Waals surface area contributed by atoms with Crippen molar-refractivity contribution in [1.29, 1.82) is 5.26 Å². The summed E-state index contributed by atoms with van der Waals surface area (Å²) in [7, 11) is 0. The third-order valence-electron chi connectivity index (χ3n) is 2.23.